The topological polar surface area (TPSA) is 196 Å². The van der Waals surface area contributed by atoms with Crippen LogP contribution in [0.5, 0.6) is 0 Å². The van der Waals surface area contributed by atoms with Gasteiger partial charge in [0.1, 0.15) is 28.7 Å². The number of carbonyl (C=O) groups excluding carboxylic acids is 2. The summed E-state index contributed by atoms with van der Waals surface area (Å²) in [5.74, 6) is 1.10. The maximum Gasteiger partial charge on any atom is 0.305 e. The maximum atomic E-state index is 12.4. The van der Waals surface area contributed by atoms with Gasteiger partial charge >= 0.3 is 11.9 Å². The Kier molecular flexibility index (Phi) is 18.0. The molecular formula is C29H43IN8O6S2. The SMILES string of the molecule is CC(C)COC(=O)CCCCCS(=O)(=O)c1ncnc2nc[nH]c12.CC(C)COC(=O)CCCSc1ncnc2nc[nH]c12.CI. The number of carbonyl (C=O) groups is 2. The number of nitrogens with one attached hydrogen (secondary N) is 2. The van der Waals surface area contributed by atoms with Gasteiger partial charge in [-0.2, -0.15) is 0 Å². The number of rotatable bonds is 16. The maximum absolute atomic E-state index is 12.4. The van der Waals surface area contributed by atoms with Crippen LogP contribution >= 0.6 is 34.4 Å². The lowest BCUT2D eigenvalue weighted by molar-refractivity contribution is -0.145. The number of aromatic nitrogens is 8. The molecule has 0 aliphatic carbocycles. The number of alkyl halides is 1. The van der Waals surface area contributed by atoms with Crippen molar-refractivity contribution >= 4 is 78.5 Å². The first kappa shape index (κ1) is 39.2. The fourth-order valence-electron chi connectivity index (χ4n) is 3.71. The Labute approximate surface area is 287 Å². The van der Waals surface area contributed by atoms with Crippen molar-refractivity contribution in [3.63, 3.8) is 0 Å². The van der Waals surface area contributed by atoms with Crippen LogP contribution in [0, 0.1) is 11.8 Å². The minimum absolute atomic E-state index is 0.0265. The van der Waals surface area contributed by atoms with Crippen molar-refractivity contribution in [3.05, 3.63) is 25.3 Å². The van der Waals surface area contributed by atoms with Crippen molar-refractivity contribution < 1.29 is 27.5 Å². The highest BCUT2D eigenvalue weighted by Gasteiger charge is 2.21. The second kappa shape index (κ2) is 21.0. The van der Waals surface area contributed by atoms with Gasteiger partial charge in [0.2, 0.25) is 0 Å². The van der Waals surface area contributed by atoms with Crippen LogP contribution < -0.4 is 0 Å². The highest BCUT2D eigenvalue weighted by molar-refractivity contribution is 14.1. The first-order chi connectivity index (χ1) is 22.1. The number of esters is 2. The first-order valence-corrected chi connectivity index (χ1v) is 19.7. The summed E-state index contributed by atoms with van der Waals surface area (Å²) in [6.45, 7) is 8.90. The van der Waals surface area contributed by atoms with Gasteiger partial charge in [-0.1, -0.05) is 56.7 Å². The van der Waals surface area contributed by atoms with Crippen LogP contribution in [-0.4, -0.2) is 89.9 Å². The third-order valence-electron chi connectivity index (χ3n) is 5.88. The highest BCUT2D eigenvalue weighted by atomic mass is 127. The molecule has 14 nitrogen and oxygen atoms in total. The van der Waals surface area contributed by atoms with Crippen molar-refractivity contribution in [2.45, 2.75) is 76.3 Å². The number of nitrogens with zero attached hydrogens (tertiary/aromatic N) is 6. The van der Waals surface area contributed by atoms with Crippen LogP contribution in [0.1, 0.15) is 66.2 Å². The van der Waals surface area contributed by atoms with E-state index in [2.05, 4.69) is 62.5 Å². The van der Waals surface area contributed by atoms with E-state index in [1.54, 1.807) is 18.1 Å². The van der Waals surface area contributed by atoms with Gasteiger partial charge in [0.15, 0.2) is 26.2 Å². The molecule has 254 valence electrons. The standard InChI is InChI=1S/C15H22N4O4S.C13H18N4O2S.CH3I/c1-11(2)8-23-12(20)6-4-3-5-7-24(21,22)15-13-14(17-9-16-13)18-10-19-15;1-9(2)6-19-10(18)4-3-5-20-13-11-12(15-7-14-11)16-8-17-13;1-2/h9-11H,3-8H2,1-2H3,(H,16,17,18,19);7-9H,3-6H2,1-2H3,(H,14,15,16,17);1H3. The van der Waals surface area contributed by atoms with E-state index in [-0.39, 0.29) is 22.7 Å². The Morgan fingerprint density at radius 3 is 1.91 bits per heavy atom. The Morgan fingerprint density at radius 2 is 1.30 bits per heavy atom. The molecule has 0 fully saturated rings. The monoisotopic (exact) mass is 790 g/mol. The zero-order valence-corrected chi connectivity index (χ0v) is 30.7. The number of aromatic amines is 2. The molecule has 0 unspecified atom stereocenters. The van der Waals surface area contributed by atoms with Gasteiger partial charge in [0.25, 0.3) is 0 Å². The van der Waals surface area contributed by atoms with Crippen LogP contribution in [0.2, 0.25) is 0 Å². The number of sulfone groups is 1. The Hall–Kier alpha value is -2.93. The number of ether oxygens (including phenoxy) is 2. The molecule has 0 saturated carbocycles. The van der Waals surface area contributed by atoms with E-state index >= 15 is 0 Å². The van der Waals surface area contributed by atoms with Gasteiger partial charge < -0.3 is 19.4 Å². The largest absolute Gasteiger partial charge is 0.465 e. The lowest BCUT2D eigenvalue weighted by atomic mass is 10.2. The van der Waals surface area contributed by atoms with Gasteiger partial charge in [-0.05, 0) is 36.0 Å². The molecule has 46 heavy (non-hydrogen) atoms. The van der Waals surface area contributed by atoms with Crippen LogP contribution in [0.15, 0.2) is 35.4 Å². The molecule has 0 aromatic carbocycles. The summed E-state index contributed by atoms with van der Waals surface area (Å²) in [4.78, 5) is 54.8. The van der Waals surface area contributed by atoms with Crippen molar-refractivity contribution in [2.24, 2.45) is 11.8 Å². The summed E-state index contributed by atoms with van der Waals surface area (Å²) in [5.41, 5.74) is 2.17. The minimum atomic E-state index is -3.52. The van der Waals surface area contributed by atoms with Crippen molar-refractivity contribution in [1.82, 2.24) is 39.9 Å². The van der Waals surface area contributed by atoms with Crippen LogP contribution in [0.25, 0.3) is 22.3 Å². The third-order valence-corrected chi connectivity index (χ3v) is 8.68. The predicted octanol–water partition coefficient (Wildman–Crippen LogP) is 5.36. The van der Waals surface area contributed by atoms with E-state index in [9.17, 15) is 18.0 Å². The Morgan fingerprint density at radius 1 is 0.761 bits per heavy atom. The zero-order valence-electron chi connectivity index (χ0n) is 26.9. The second-order valence-corrected chi connectivity index (χ2v) is 13.9. The number of fused-ring (bicyclic) bond motifs is 2. The summed E-state index contributed by atoms with van der Waals surface area (Å²) in [6, 6.07) is 0. The summed E-state index contributed by atoms with van der Waals surface area (Å²) >= 11 is 3.74. The Balaban J connectivity index is 0.000000308. The highest BCUT2D eigenvalue weighted by Crippen LogP contribution is 2.23. The predicted molar refractivity (Wildman–Crippen MR) is 185 cm³/mol. The fraction of sp³-hybridized carbons (Fsp3) is 0.586. The first-order valence-electron chi connectivity index (χ1n) is 14.9. The van der Waals surface area contributed by atoms with Crippen LogP contribution in [0.3, 0.4) is 0 Å². The molecule has 4 heterocycles. The summed E-state index contributed by atoms with van der Waals surface area (Å²) in [5, 5.41) is 0.837. The van der Waals surface area contributed by atoms with Gasteiger partial charge in [-0.15, -0.1) is 11.8 Å². The molecule has 0 radical (unpaired) electrons. The van der Waals surface area contributed by atoms with Crippen molar-refractivity contribution in [1.29, 1.82) is 0 Å². The fourth-order valence-corrected chi connectivity index (χ4v) is 6.06. The molecule has 2 N–H and O–H groups in total. The minimum Gasteiger partial charge on any atom is -0.465 e. The zero-order chi connectivity index (χ0) is 34.0. The summed E-state index contributed by atoms with van der Waals surface area (Å²) in [6.07, 6.45) is 8.91. The van der Waals surface area contributed by atoms with E-state index in [1.807, 2.05) is 32.6 Å². The molecule has 0 bridgehead atoms. The molecule has 4 aromatic heterocycles. The number of H-pyrrole nitrogens is 2. The second-order valence-electron chi connectivity index (χ2n) is 10.8. The third kappa shape index (κ3) is 13.8. The van der Waals surface area contributed by atoms with E-state index in [0.29, 0.717) is 74.0 Å². The van der Waals surface area contributed by atoms with Crippen LogP contribution in [-0.2, 0) is 28.9 Å². The quantitative estimate of drug-likeness (QED) is 0.0368. The van der Waals surface area contributed by atoms with E-state index in [1.165, 1.54) is 19.0 Å². The molecular weight excluding hydrogens is 747 g/mol. The molecule has 0 aliphatic rings. The lowest BCUT2D eigenvalue weighted by Crippen LogP contribution is -2.11. The van der Waals surface area contributed by atoms with Gasteiger partial charge in [-0.25, -0.2) is 38.3 Å². The average Bonchev–Trinajstić information content (AvgIpc) is 3.72. The number of halogens is 1. The van der Waals surface area contributed by atoms with Gasteiger partial charge in [0, 0.05) is 18.6 Å². The molecule has 4 aromatic rings. The molecule has 0 atom stereocenters. The number of hydrogen-bond donors (Lipinski definition) is 2. The van der Waals surface area contributed by atoms with Gasteiger partial charge in [-0.3, -0.25) is 9.59 Å². The smallest absolute Gasteiger partial charge is 0.305 e. The molecule has 17 heteroatoms. The molecule has 0 spiro atoms. The average molecular weight is 791 g/mol. The normalized spacial score (nSPS) is 11.2. The molecule has 0 saturated heterocycles. The van der Waals surface area contributed by atoms with Crippen molar-refractivity contribution in [2.75, 3.05) is 29.6 Å². The molecule has 0 amide bonds. The van der Waals surface area contributed by atoms with E-state index in [0.717, 1.165) is 22.7 Å². The number of thioether (sulfide) groups is 1. The van der Waals surface area contributed by atoms with Crippen LogP contribution in [0.4, 0.5) is 0 Å². The van der Waals surface area contributed by atoms with Gasteiger partial charge in [0.05, 0.1) is 31.6 Å². The number of hydrogen-bond acceptors (Lipinski definition) is 13. The van der Waals surface area contributed by atoms with E-state index in [4.69, 9.17) is 9.47 Å². The Bertz CT molecular complexity index is 1600. The summed E-state index contributed by atoms with van der Waals surface area (Å²) in [7, 11) is -3.52. The lowest BCUT2D eigenvalue weighted by Gasteiger charge is -2.07. The van der Waals surface area contributed by atoms with Crippen molar-refractivity contribution in [3.8, 4) is 0 Å². The van der Waals surface area contributed by atoms with E-state index < -0.39 is 9.84 Å². The molecule has 0 aliphatic heterocycles. The number of imidazole rings is 2. The number of unbranched alkanes of at least 4 members (excludes halogenated alkanes) is 2. The molecule has 4 rings (SSSR count). The summed E-state index contributed by atoms with van der Waals surface area (Å²) < 4.78 is 35.0.